The van der Waals surface area contributed by atoms with Crippen molar-refractivity contribution in [1.82, 2.24) is 9.78 Å². The number of aromatic nitrogens is 2. The Hall–Kier alpha value is -1.77. The van der Waals surface area contributed by atoms with Crippen molar-refractivity contribution in [3.05, 3.63) is 47.3 Å². The molecule has 0 aliphatic carbocycles. The first-order valence-corrected chi connectivity index (χ1v) is 7.12. The molecule has 2 aromatic rings. The normalized spacial score (nSPS) is 17.9. The van der Waals surface area contributed by atoms with E-state index in [1.54, 1.807) is 0 Å². The maximum absolute atomic E-state index is 4.53. The van der Waals surface area contributed by atoms with E-state index in [1.807, 2.05) is 11.7 Å². The van der Waals surface area contributed by atoms with Gasteiger partial charge >= 0.3 is 0 Å². The van der Waals surface area contributed by atoms with Crippen LogP contribution in [0.2, 0.25) is 0 Å². The van der Waals surface area contributed by atoms with E-state index in [9.17, 15) is 0 Å². The molecule has 100 valence electrons. The van der Waals surface area contributed by atoms with E-state index in [4.69, 9.17) is 0 Å². The second-order valence-electron chi connectivity index (χ2n) is 5.35. The maximum Gasteiger partial charge on any atom is 0.0624 e. The van der Waals surface area contributed by atoms with Crippen molar-refractivity contribution >= 4 is 5.69 Å². The lowest BCUT2D eigenvalue weighted by molar-refractivity contribution is 0.592. The number of nitrogens with one attached hydrogen (secondary N) is 1. The third-order valence-corrected chi connectivity index (χ3v) is 3.98. The van der Waals surface area contributed by atoms with Gasteiger partial charge in [-0.3, -0.25) is 4.68 Å². The highest BCUT2D eigenvalue weighted by Gasteiger charge is 2.18. The van der Waals surface area contributed by atoms with E-state index in [0.29, 0.717) is 6.04 Å². The van der Waals surface area contributed by atoms with Crippen molar-refractivity contribution < 1.29 is 0 Å². The highest BCUT2D eigenvalue weighted by Crippen LogP contribution is 2.25. The molecule has 1 aromatic heterocycles. The zero-order valence-electron chi connectivity index (χ0n) is 11.7. The first kappa shape index (κ1) is 12.3. The number of hydrogen-bond donors (Lipinski definition) is 1. The Labute approximate surface area is 114 Å². The van der Waals surface area contributed by atoms with E-state index in [-0.39, 0.29) is 0 Å². The highest BCUT2D eigenvalue weighted by atomic mass is 15.3. The molecule has 1 N–H and O–H groups in total. The molecule has 3 rings (SSSR count). The van der Waals surface area contributed by atoms with E-state index in [2.05, 4.69) is 47.7 Å². The van der Waals surface area contributed by atoms with Gasteiger partial charge in [-0.25, -0.2) is 0 Å². The predicted octanol–water partition coefficient (Wildman–Crippen LogP) is 2.95. The lowest BCUT2D eigenvalue weighted by atomic mass is 9.95. The van der Waals surface area contributed by atoms with Crippen LogP contribution in [0.5, 0.6) is 0 Å². The van der Waals surface area contributed by atoms with E-state index < -0.39 is 0 Å². The Bertz CT molecular complexity index is 571. The number of rotatable bonds is 3. The van der Waals surface area contributed by atoms with Crippen LogP contribution >= 0.6 is 0 Å². The number of fused-ring (bicyclic) bond motifs is 1. The van der Waals surface area contributed by atoms with Gasteiger partial charge in [0.05, 0.1) is 5.69 Å². The number of hydrogen-bond acceptors (Lipinski definition) is 2. The van der Waals surface area contributed by atoms with Crippen LogP contribution in [0.15, 0.2) is 30.3 Å². The van der Waals surface area contributed by atoms with Gasteiger partial charge in [-0.1, -0.05) is 25.1 Å². The fourth-order valence-corrected chi connectivity index (χ4v) is 2.84. The number of aryl methyl sites for hydroxylation is 3. The molecular formula is C16H21N3. The molecule has 0 saturated heterocycles. The fraction of sp³-hybridized carbons (Fsp3) is 0.438. The standard InChI is InChI=1S/C16H21N3/c1-3-13-10-15(19(2)18-13)11-14-9-8-12-6-4-5-7-16(12)17-14/h4-7,10,14,17H,3,8-9,11H2,1-2H3. The van der Waals surface area contributed by atoms with Crippen LogP contribution in [0.25, 0.3) is 0 Å². The molecule has 0 fully saturated rings. The second-order valence-corrected chi connectivity index (χ2v) is 5.35. The third-order valence-electron chi connectivity index (χ3n) is 3.98. The average Bonchev–Trinajstić information content (AvgIpc) is 2.79. The lowest BCUT2D eigenvalue weighted by Crippen LogP contribution is -2.28. The highest BCUT2D eigenvalue weighted by molar-refractivity contribution is 5.53. The molecule has 1 aliphatic heterocycles. The van der Waals surface area contributed by atoms with Crippen LogP contribution in [0.1, 0.15) is 30.3 Å². The molecule has 19 heavy (non-hydrogen) atoms. The summed E-state index contributed by atoms with van der Waals surface area (Å²) in [7, 11) is 2.05. The van der Waals surface area contributed by atoms with Crippen LogP contribution in [0.4, 0.5) is 5.69 Å². The predicted molar refractivity (Wildman–Crippen MR) is 78.5 cm³/mol. The van der Waals surface area contributed by atoms with Crippen LogP contribution in [-0.4, -0.2) is 15.8 Å². The first-order chi connectivity index (χ1) is 9.26. The summed E-state index contributed by atoms with van der Waals surface area (Å²) in [5.74, 6) is 0. The molecule has 1 unspecified atom stereocenters. The second kappa shape index (κ2) is 5.08. The minimum absolute atomic E-state index is 0.523. The van der Waals surface area contributed by atoms with E-state index in [0.717, 1.165) is 12.8 Å². The van der Waals surface area contributed by atoms with Crippen LogP contribution in [0.3, 0.4) is 0 Å². The number of para-hydroxylation sites is 1. The summed E-state index contributed by atoms with van der Waals surface area (Å²) >= 11 is 0. The Morgan fingerprint density at radius 1 is 1.37 bits per heavy atom. The van der Waals surface area contributed by atoms with Crippen molar-refractivity contribution in [3.8, 4) is 0 Å². The molecule has 0 amide bonds. The molecule has 1 aromatic carbocycles. The Morgan fingerprint density at radius 3 is 3.00 bits per heavy atom. The van der Waals surface area contributed by atoms with E-state index >= 15 is 0 Å². The molecule has 3 nitrogen and oxygen atoms in total. The monoisotopic (exact) mass is 255 g/mol. The molecule has 0 spiro atoms. The topological polar surface area (TPSA) is 29.9 Å². The molecule has 1 aliphatic rings. The van der Waals surface area contributed by atoms with Gasteiger partial charge < -0.3 is 5.32 Å². The van der Waals surface area contributed by atoms with Gasteiger partial charge in [-0.2, -0.15) is 5.10 Å². The van der Waals surface area contributed by atoms with Crippen LogP contribution in [0, 0.1) is 0 Å². The molecule has 0 saturated carbocycles. The SMILES string of the molecule is CCc1cc(CC2CCc3ccccc3N2)n(C)n1. The number of benzene rings is 1. The summed E-state index contributed by atoms with van der Waals surface area (Å²) in [4.78, 5) is 0. The number of anilines is 1. The van der Waals surface area contributed by atoms with Gasteiger partial charge in [0.1, 0.15) is 0 Å². The average molecular weight is 255 g/mol. The smallest absolute Gasteiger partial charge is 0.0624 e. The Balaban J connectivity index is 1.73. The molecule has 0 bridgehead atoms. The lowest BCUT2D eigenvalue weighted by Gasteiger charge is -2.27. The zero-order valence-corrected chi connectivity index (χ0v) is 11.7. The quantitative estimate of drug-likeness (QED) is 0.914. The van der Waals surface area contributed by atoms with Crippen molar-refractivity contribution in [1.29, 1.82) is 0 Å². The fourth-order valence-electron chi connectivity index (χ4n) is 2.84. The summed E-state index contributed by atoms with van der Waals surface area (Å²) in [6.07, 6.45) is 4.43. The zero-order chi connectivity index (χ0) is 13.2. The minimum atomic E-state index is 0.523. The van der Waals surface area contributed by atoms with Crippen LogP contribution < -0.4 is 5.32 Å². The minimum Gasteiger partial charge on any atom is -0.382 e. The van der Waals surface area contributed by atoms with Crippen LogP contribution in [-0.2, 0) is 26.3 Å². The first-order valence-electron chi connectivity index (χ1n) is 7.12. The van der Waals surface area contributed by atoms with Gasteiger partial charge in [0.15, 0.2) is 0 Å². The van der Waals surface area contributed by atoms with Crippen molar-refractivity contribution in [2.24, 2.45) is 7.05 Å². The molecular weight excluding hydrogens is 234 g/mol. The molecule has 1 atom stereocenters. The summed E-state index contributed by atoms with van der Waals surface area (Å²) in [6.45, 7) is 2.15. The summed E-state index contributed by atoms with van der Waals surface area (Å²) in [5, 5.41) is 8.19. The van der Waals surface area contributed by atoms with Gasteiger partial charge in [0.25, 0.3) is 0 Å². The molecule has 2 heterocycles. The van der Waals surface area contributed by atoms with Gasteiger partial charge in [0, 0.05) is 30.9 Å². The maximum atomic E-state index is 4.53. The van der Waals surface area contributed by atoms with Crippen molar-refractivity contribution in [2.75, 3.05) is 5.32 Å². The van der Waals surface area contributed by atoms with Gasteiger partial charge in [-0.15, -0.1) is 0 Å². The Morgan fingerprint density at radius 2 is 2.21 bits per heavy atom. The summed E-state index contributed by atoms with van der Waals surface area (Å²) in [6, 6.07) is 11.4. The largest absolute Gasteiger partial charge is 0.382 e. The Kier molecular flexibility index (Phi) is 3.28. The van der Waals surface area contributed by atoms with Gasteiger partial charge in [-0.05, 0) is 37.0 Å². The number of nitrogens with zero attached hydrogens (tertiary/aromatic N) is 2. The summed E-state index contributed by atoms with van der Waals surface area (Å²) in [5.41, 5.74) is 5.26. The molecule has 0 radical (unpaired) electrons. The summed E-state index contributed by atoms with van der Waals surface area (Å²) < 4.78 is 2.03. The molecule has 3 heteroatoms. The van der Waals surface area contributed by atoms with E-state index in [1.165, 1.54) is 35.5 Å². The third kappa shape index (κ3) is 2.50. The van der Waals surface area contributed by atoms with Crippen molar-refractivity contribution in [2.45, 2.75) is 38.6 Å². The van der Waals surface area contributed by atoms with Gasteiger partial charge in [0.2, 0.25) is 0 Å². The van der Waals surface area contributed by atoms with Crippen molar-refractivity contribution in [3.63, 3.8) is 0 Å².